The van der Waals surface area contributed by atoms with E-state index < -0.39 is 0 Å². The molecule has 2 heterocycles. The van der Waals surface area contributed by atoms with E-state index in [9.17, 15) is 9.18 Å². The monoisotopic (exact) mass is 317 g/mol. The number of carbonyl (C=O) groups is 1. The van der Waals surface area contributed by atoms with Crippen LogP contribution in [0, 0.1) is 12.7 Å². The van der Waals surface area contributed by atoms with Crippen molar-refractivity contribution in [3.05, 3.63) is 53.1 Å². The number of rotatable bonds is 4. The van der Waals surface area contributed by atoms with Crippen LogP contribution in [-0.2, 0) is 10.2 Å². The highest BCUT2D eigenvalue weighted by molar-refractivity contribution is 5.92. The second kappa shape index (κ2) is 6.50. The third kappa shape index (κ3) is 3.42. The molecule has 1 aliphatic heterocycles. The summed E-state index contributed by atoms with van der Waals surface area (Å²) in [6, 6.07) is 8.23. The van der Waals surface area contributed by atoms with Crippen LogP contribution < -0.4 is 5.32 Å². The first-order chi connectivity index (χ1) is 11.1. The fraction of sp³-hybridized carbons (Fsp3) is 0.412. The number of hydrogen-bond donors (Lipinski definition) is 2. The highest BCUT2D eigenvalue weighted by atomic mass is 19.1. The molecule has 23 heavy (non-hydrogen) atoms. The van der Waals surface area contributed by atoms with Gasteiger partial charge in [0.1, 0.15) is 11.5 Å². The molecule has 0 atom stereocenters. The lowest BCUT2D eigenvalue weighted by atomic mass is 9.74. The molecular weight excluding hydrogens is 297 g/mol. The van der Waals surface area contributed by atoms with Crippen molar-refractivity contribution in [3.8, 4) is 0 Å². The van der Waals surface area contributed by atoms with E-state index in [0.717, 1.165) is 24.1 Å². The van der Waals surface area contributed by atoms with Gasteiger partial charge in [-0.1, -0.05) is 12.1 Å². The second-order valence-electron chi connectivity index (χ2n) is 6.02. The van der Waals surface area contributed by atoms with Crippen molar-refractivity contribution < 1.29 is 13.9 Å². The molecule has 6 heteroatoms. The maximum Gasteiger partial charge on any atom is 0.271 e. The fourth-order valence-corrected chi connectivity index (χ4v) is 3.01. The zero-order chi connectivity index (χ0) is 16.3. The van der Waals surface area contributed by atoms with Crippen molar-refractivity contribution in [2.24, 2.45) is 0 Å². The summed E-state index contributed by atoms with van der Waals surface area (Å²) >= 11 is 0. The Kier molecular flexibility index (Phi) is 4.43. The fourth-order valence-electron chi connectivity index (χ4n) is 3.01. The first-order valence-corrected chi connectivity index (χ1v) is 7.73. The van der Waals surface area contributed by atoms with Crippen LogP contribution >= 0.6 is 0 Å². The van der Waals surface area contributed by atoms with Gasteiger partial charge in [-0.15, -0.1) is 0 Å². The molecule has 0 bridgehead atoms. The lowest BCUT2D eigenvalue weighted by Gasteiger charge is -2.37. The highest BCUT2D eigenvalue weighted by Gasteiger charge is 2.35. The Morgan fingerprint density at radius 1 is 1.35 bits per heavy atom. The molecule has 0 aliphatic carbocycles. The first kappa shape index (κ1) is 15.7. The van der Waals surface area contributed by atoms with Crippen LogP contribution in [-0.4, -0.2) is 35.9 Å². The van der Waals surface area contributed by atoms with Crippen molar-refractivity contribution in [1.82, 2.24) is 15.5 Å². The summed E-state index contributed by atoms with van der Waals surface area (Å²) in [5.41, 5.74) is 2.02. The number of amides is 1. The van der Waals surface area contributed by atoms with E-state index in [0.29, 0.717) is 25.5 Å². The van der Waals surface area contributed by atoms with Crippen molar-refractivity contribution in [1.29, 1.82) is 0 Å². The predicted octanol–water partition coefficient (Wildman–Crippen LogP) is 2.34. The van der Waals surface area contributed by atoms with Crippen LogP contribution in [0.1, 0.15) is 34.6 Å². The van der Waals surface area contributed by atoms with Crippen LogP contribution in [0.5, 0.6) is 0 Å². The molecule has 2 aromatic rings. The van der Waals surface area contributed by atoms with Crippen molar-refractivity contribution in [3.63, 3.8) is 0 Å². The SMILES string of the molecule is Cc1cc(C(=O)NCC2(c3ccc(F)cc3)CCOCC2)n[nH]1. The van der Waals surface area contributed by atoms with Crippen LogP contribution in [0.4, 0.5) is 4.39 Å². The molecule has 1 amide bonds. The highest BCUT2D eigenvalue weighted by Crippen LogP contribution is 2.34. The molecule has 0 spiro atoms. The normalized spacial score (nSPS) is 17.0. The lowest BCUT2D eigenvalue weighted by Crippen LogP contribution is -2.44. The summed E-state index contributed by atoms with van der Waals surface area (Å²) in [6.07, 6.45) is 1.58. The Labute approximate surface area is 134 Å². The van der Waals surface area contributed by atoms with Gasteiger partial charge >= 0.3 is 0 Å². The maximum absolute atomic E-state index is 13.2. The molecule has 1 aromatic heterocycles. The number of halogens is 1. The topological polar surface area (TPSA) is 67.0 Å². The standard InChI is InChI=1S/C17H20FN3O2/c1-12-10-15(21-20-12)16(22)19-11-17(6-8-23-9-7-17)13-2-4-14(18)5-3-13/h2-5,10H,6-9,11H2,1H3,(H,19,22)(H,20,21). The third-order valence-corrected chi connectivity index (χ3v) is 4.43. The van der Waals surface area contributed by atoms with E-state index in [-0.39, 0.29) is 17.1 Å². The molecule has 5 nitrogen and oxygen atoms in total. The predicted molar refractivity (Wildman–Crippen MR) is 83.8 cm³/mol. The summed E-state index contributed by atoms with van der Waals surface area (Å²) in [6.45, 7) is 3.60. The van der Waals surface area contributed by atoms with Crippen molar-refractivity contribution in [2.75, 3.05) is 19.8 Å². The van der Waals surface area contributed by atoms with Gasteiger partial charge < -0.3 is 10.1 Å². The second-order valence-corrected chi connectivity index (χ2v) is 6.02. The molecule has 0 radical (unpaired) electrons. The molecule has 3 rings (SSSR count). The minimum Gasteiger partial charge on any atom is -0.381 e. The van der Waals surface area contributed by atoms with Gasteiger partial charge in [0.15, 0.2) is 0 Å². The van der Waals surface area contributed by atoms with E-state index in [1.54, 1.807) is 18.2 Å². The lowest BCUT2D eigenvalue weighted by molar-refractivity contribution is 0.0486. The smallest absolute Gasteiger partial charge is 0.271 e. The number of aromatic nitrogens is 2. The van der Waals surface area contributed by atoms with Gasteiger partial charge in [-0.05, 0) is 43.5 Å². The molecular formula is C17H20FN3O2. The van der Waals surface area contributed by atoms with Crippen LogP contribution in [0.15, 0.2) is 30.3 Å². The number of nitrogens with zero attached hydrogens (tertiary/aromatic N) is 1. The summed E-state index contributed by atoms with van der Waals surface area (Å²) < 4.78 is 18.7. The summed E-state index contributed by atoms with van der Waals surface area (Å²) in [4.78, 5) is 12.2. The Hall–Kier alpha value is -2.21. The van der Waals surface area contributed by atoms with E-state index >= 15 is 0 Å². The van der Waals surface area contributed by atoms with Crippen LogP contribution in [0.2, 0.25) is 0 Å². The van der Waals surface area contributed by atoms with Crippen molar-refractivity contribution >= 4 is 5.91 Å². The van der Waals surface area contributed by atoms with Gasteiger partial charge in [-0.3, -0.25) is 9.89 Å². The molecule has 122 valence electrons. The van der Waals surface area contributed by atoms with Gasteiger partial charge in [-0.2, -0.15) is 5.10 Å². The number of ether oxygens (including phenoxy) is 1. The number of carbonyl (C=O) groups excluding carboxylic acids is 1. The summed E-state index contributed by atoms with van der Waals surface area (Å²) in [5.74, 6) is -0.464. The van der Waals surface area contributed by atoms with Crippen LogP contribution in [0.3, 0.4) is 0 Å². The Bertz CT molecular complexity index is 675. The summed E-state index contributed by atoms with van der Waals surface area (Å²) in [5, 5.41) is 9.70. The molecule has 1 aliphatic rings. The molecule has 0 saturated carbocycles. The quantitative estimate of drug-likeness (QED) is 0.909. The van der Waals surface area contributed by atoms with E-state index in [1.807, 2.05) is 6.92 Å². The zero-order valence-corrected chi connectivity index (χ0v) is 13.1. The Balaban J connectivity index is 1.76. The first-order valence-electron chi connectivity index (χ1n) is 7.73. The maximum atomic E-state index is 13.2. The van der Waals surface area contributed by atoms with Gasteiger partial charge in [0.05, 0.1) is 0 Å². The molecule has 1 aromatic carbocycles. The number of aryl methyl sites for hydroxylation is 1. The molecule has 2 N–H and O–H groups in total. The van der Waals surface area contributed by atoms with Crippen molar-refractivity contribution in [2.45, 2.75) is 25.2 Å². The van der Waals surface area contributed by atoms with Gasteiger partial charge in [0.25, 0.3) is 5.91 Å². The number of aromatic amines is 1. The largest absolute Gasteiger partial charge is 0.381 e. The third-order valence-electron chi connectivity index (χ3n) is 4.43. The molecule has 1 fully saturated rings. The van der Waals surface area contributed by atoms with Gasteiger partial charge in [0.2, 0.25) is 0 Å². The molecule has 1 saturated heterocycles. The Morgan fingerprint density at radius 2 is 2.04 bits per heavy atom. The van der Waals surface area contributed by atoms with E-state index in [4.69, 9.17) is 4.74 Å². The van der Waals surface area contributed by atoms with E-state index in [1.165, 1.54) is 12.1 Å². The minimum absolute atomic E-state index is 0.206. The summed E-state index contributed by atoms with van der Waals surface area (Å²) in [7, 11) is 0. The number of H-pyrrole nitrogens is 1. The Morgan fingerprint density at radius 3 is 2.65 bits per heavy atom. The number of hydrogen-bond acceptors (Lipinski definition) is 3. The number of nitrogens with one attached hydrogen (secondary N) is 2. The molecule has 0 unspecified atom stereocenters. The van der Waals surface area contributed by atoms with E-state index in [2.05, 4.69) is 15.5 Å². The van der Waals surface area contributed by atoms with Gasteiger partial charge in [-0.25, -0.2) is 4.39 Å². The number of benzene rings is 1. The zero-order valence-electron chi connectivity index (χ0n) is 13.1. The van der Waals surface area contributed by atoms with Crippen LogP contribution in [0.25, 0.3) is 0 Å². The average Bonchev–Trinajstić information content (AvgIpc) is 3.01. The van der Waals surface area contributed by atoms with Gasteiger partial charge in [0, 0.05) is 30.9 Å². The average molecular weight is 317 g/mol. The minimum atomic E-state index is -0.257.